The molecule has 190 valence electrons. The number of benzene rings is 2. The first kappa shape index (κ1) is 27.1. The number of rotatable bonds is 9. The van der Waals surface area contributed by atoms with Crippen LogP contribution in [0.3, 0.4) is 0 Å². The standard InChI is InChI=1S/C22H22ClIN5O5PS/c1-13-27-28-21-18(12-34-36(2,31)32)26-20(14-3-6-16(23)7-4-14)17-11-15(5-8-19(17)29(13)21)22(30)25-9-10-33-35-24/h3-8,11,18,35H,9-10,12H2,1-2H3,(H,25,30)/t18-/m0/s1. The lowest BCUT2D eigenvalue weighted by Crippen LogP contribution is -2.27. The quantitative estimate of drug-likeness (QED) is 0.160. The van der Waals surface area contributed by atoms with Gasteiger partial charge in [-0.05, 0) is 59.3 Å². The number of carbonyl (C=O) groups excluding carboxylic acids is 1. The summed E-state index contributed by atoms with van der Waals surface area (Å²) >= 11 is 8.24. The third-order valence-corrected chi connectivity index (χ3v) is 7.35. The fourth-order valence-corrected chi connectivity index (χ4v) is 5.07. The average Bonchev–Trinajstić information content (AvgIpc) is 3.16. The lowest BCUT2D eigenvalue weighted by molar-refractivity contribution is 0.0948. The van der Waals surface area contributed by atoms with Crippen molar-refractivity contribution in [3.8, 4) is 5.69 Å². The summed E-state index contributed by atoms with van der Waals surface area (Å²) in [6.45, 7) is 2.65. The number of amides is 1. The van der Waals surface area contributed by atoms with E-state index in [1.165, 1.54) is 0 Å². The molecule has 1 aliphatic rings. The molecule has 36 heavy (non-hydrogen) atoms. The maximum Gasteiger partial charge on any atom is 0.264 e. The normalized spacial score (nSPS) is 15.3. The third kappa shape index (κ3) is 6.29. The van der Waals surface area contributed by atoms with Crippen LogP contribution in [0.2, 0.25) is 5.02 Å². The van der Waals surface area contributed by atoms with Gasteiger partial charge in [-0.15, -0.1) is 10.2 Å². The van der Waals surface area contributed by atoms with E-state index in [4.69, 9.17) is 25.3 Å². The van der Waals surface area contributed by atoms with Gasteiger partial charge < -0.3 is 9.84 Å². The van der Waals surface area contributed by atoms with E-state index in [1.807, 2.05) is 12.1 Å². The van der Waals surface area contributed by atoms with Gasteiger partial charge in [-0.2, -0.15) is 8.42 Å². The van der Waals surface area contributed by atoms with Gasteiger partial charge in [0.15, 0.2) is 5.82 Å². The number of nitrogens with one attached hydrogen (secondary N) is 1. The monoisotopic (exact) mass is 661 g/mol. The Morgan fingerprint density at radius 2 is 1.97 bits per heavy atom. The summed E-state index contributed by atoms with van der Waals surface area (Å²) in [5, 5.41) is 11.9. The zero-order valence-electron chi connectivity index (χ0n) is 19.2. The molecule has 14 heteroatoms. The minimum Gasteiger partial charge on any atom is -0.350 e. The molecule has 4 rings (SSSR count). The van der Waals surface area contributed by atoms with Gasteiger partial charge in [0.25, 0.3) is 16.0 Å². The molecule has 0 bridgehead atoms. The smallest absolute Gasteiger partial charge is 0.264 e. The van der Waals surface area contributed by atoms with Crippen LogP contribution in [-0.2, 0) is 18.8 Å². The molecule has 1 aromatic heterocycles. The summed E-state index contributed by atoms with van der Waals surface area (Å²) in [6, 6.07) is 11.6. The van der Waals surface area contributed by atoms with Crippen molar-refractivity contribution in [3.63, 3.8) is 0 Å². The lowest BCUT2D eigenvalue weighted by Gasteiger charge is -2.14. The van der Waals surface area contributed by atoms with Crippen LogP contribution in [0.4, 0.5) is 0 Å². The van der Waals surface area contributed by atoms with Crippen molar-refractivity contribution >= 4 is 61.8 Å². The van der Waals surface area contributed by atoms with Gasteiger partial charge in [0.1, 0.15) is 11.9 Å². The van der Waals surface area contributed by atoms with E-state index in [0.717, 1.165) is 11.8 Å². The van der Waals surface area contributed by atoms with Crippen LogP contribution in [0.25, 0.3) is 5.69 Å². The topological polar surface area (TPSA) is 125 Å². The van der Waals surface area contributed by atoms with Crippen molar-refractivity contribution in [2.45, 2.75) is 13.0 Å². The number of halogens is 2. The van der Waals surface area contributed by atoms with E-state index in [9.17, 15) is 13.2 Å². The summed E-state index contributed by atoms with van der Waals surface area (Å²) in [6.07, 6.45) is 0.981. The number of aliphatic imine (C=N–C) groups is 1. The second kappa shape index (κ2) is 11.6. The summed E-state index contributed by atoms with van der Waals surface area (Å²) in [5.74, 6) is 0.753. The van der Waals surface area contributed by atoms with Gasteiger partial charge in [0, 0.05) is 28.3 Å². The second-order valence-electron chi connectivity index (χ2n) is 7.84. The number of fused-ring (bicyclic) bond motifs is 3. The highest BCUT2D eigenvalue weighted by Crippen LogP contribution is 2.32. The van der Waals surface area contributed by atoms with Crippen molar-refractivity contribution in [2.24, 2.45) is 4.99 Å². The predicted molar refractivity (Wildman–Crippen MR) is 147 cm³/mol. The highest BCUT2D eigenvalue weighted by Gasteiger charge is 2.30. The fourth-order valence-electron chi connectivity index (χ4n) is 3.73. The first-order chi connectivity index (χ1) is 17.2. The van der Waals surface area contributed by atoms with Crippen molar-refractivity contribution in [1.29, 1.82) is 0 Å². The number of hydrogen-bond acceptors (Lipinski definition) is 8. The zero-order chi connectivity index (χ0) is 25.9. The average molecular weight is 662 g/mol. The summed E-state index contributed by atoms with van der Waals surface area (Å²) in [4.78, 5) is 17.7. The molecule has 2 atom stereocenters. The van der Waals surface area contributed by atoms with E-state index in [2.05, 4.69) is 37.6 Å². The van der Waals surface area contributed by atoms with E-state index in [-0.39, 0.29) is 12.5 Å². The van der Waals surface area contributed by atoms with Crippen molar-refractivity contribution in [3.05, 3.63) is 75.8 Å². The number of carbonyl (C=O) groups is 1. The van der Waals surface area contributed by atoms with Crippen LogP contribution in [0.1, 0.15) is 39.2 Å². The molecule has 0 saturated heterocycles. The van der Waals surface area contributed by atoms with E-state index in [0.29, 0.717) is 58.8 Å². The van der Waals surface area contributed by atoms with Crippen molar-refractivity contribution in [1.82, 2.24) is 20.1 Å². The molecule has 0 aliphatic carbocycles. The molecule has 1 aliphatic heterocycles. The molecule has 1 unspecified atom stereocenters. The van der Waals surface area contributed by atoms with Crippen LogP contribution in [0.15, 0.2) is 47.5 Å². The van der Waals surface area contributed by atoms with E-state index in [1.54, 1.807) is 41.8 Å². The SMILES string of the molecule is Cc1nnc2n1-c1ccc(C(=O)NCCOPI)cc1C(c1ccc(Cl)cc1)=N[C@H]2COS(C)(=O)=O. The van der Waals surface area contributed by atoms with Gasteiger partial charge in [0.2, 0.25) is 0 Å². The largest absolute Gasteiger partial charge is 0.350 e. The molecular weight excluding hydrogens is 640 g/mol. The minimum absolute atomic E-state index is 0.254. The Balaban J connectivity index is 1.84. The van der Waals surface area contributed by atoms with Gasteiger partial charge in [-0.3, -0.25) is 18.5 Å². The maximum absolute atomic E-state index is 12.9. The molecule has 3 aromatic rings. The molecule has 10 nitrogen and oxygen atoms in total. The number of aromatic nitrogens is 3. The Kier molecular flexibility index (Phi) is 8.74. The Morgan fingerprint density at radius 1 is 1.22 bits per heavy atom. The lowest BCUT2D eigenvalue weighted by atomic mass is 9.98. The minimum atomic E-state index is -3.72. The molecular formula is C22H22ClIN5O5PS. The first-order valence-corrected chi connectivity index (χ1v) is 16.9. The Hall–Kier alpha value is -1.96. The van der Waals surface area contributed by atoms with Crippen LogP contribution in [-0.4, -0.2) is 60.8 Å². The summed E-state index contributed by atoms with van der Waals surface area (Å²) in [7, 11) is -3.72. The molecule has 1 amide bonds. The molecule has 2 heterocycles. The molecule has 0 spiro atoms. The molecule has 2 aromatic carbocycles. The van der Waals surface area contributed by atoms with E-state index < -0.39 is 16.2 Å². The maximum atomic E-state index is 12.9. The van der Waals surface area contributed by atoms with E-state index >= 15 is 0 Å². The van der Waals surface area contributed by atoms with Gasteiger partial charge in [-0.1, -0.05) is 23.7 Å². The fraction of sp³-hybridized carbons (Fsp3) is 0.273. The molecule has 0 saturated carbocycles. The summed E-state index contributed by atoms with van der Waals surface area (Å²) in [5.41, 5.74) is 3.06. The zero-order valence-corrected chi connectivity index (χ0v) is 24.0. The Bertz CT molecular complexity index is 1410. The highest BCUT2D eigenvalue weighted by atomic mass is 127. The highest BCUT2D eigenvalue weighted by molar-refractivity contribution is 14.2. The third-order valence-electron chi connectivity index (χ3n) is 5.29. The summed E-state index contributed by atoms with van der Waals surface area (Å²) < 4.78 is 35.7. The molecule has 0 fully saturated rings. The van der Waals surface area contributed by atoms with Crippen LogP contribution in [0, 0.1) is 6.92 Å². The number of nitrogens with zero attached hydrogens (tertiary/aromatic N) is 4. The van der Waals surface area contributed by atoms with Crippen LogP contribution in [0.5, 0.6) is 0 Å². The molecule has 0 radical (unpaired) electrons. The predicted octanol–water partition coefficient (Wildman–Crippen LogP) is 3.79. The first-order valence-electron chi connectivity index (χ1n) is 10.7. The van der Waals surface area contributed by atoms with Crippen molar-refractivity contribution in [2.75, 3.05) is 26.0 Å². The molecule has 1 N–H and O–H groups in total. The van der Waals surface area contributed by atoms with Crippen LogP contribution >= 0.6 is 40.1 Å². The van der Waals surface area contributed by atoms with Crippen molar-refractivity contribution < 1.29 is 21.9 Å². The van der Waals surface area contributed by atoms with Gasteiger partial charge >= 0.3 is 0 Å². The Morgan fingerprint density at radius 3 is 2.67 bits per heavy atom. The van der Waals surface area contributed by atoms with Gasteiger partial charge in [-0.25, -0.2) is 0 Å². The van der Waals surface area contributed by atoms with Gasteiger partial charge in [0.05, 0.1) is 37.3 Å². The second-order valence-corrected chi connectivity index (χ2v) is 11.7. The number of hydrogen-bond donors (Lipinski definition) is 1. The number of aryl methyl sites for hydroxylation is 1. The van der Waals surface area contributed by atoms with Crippen LogP contribution < -0.4 is 5.32 Å². The Labute approximate surface area is 228 Å².